The maximum Gasteiger partial charge on any atom is 0.573 e. The van der Waals surface area contributed by atoms with Crippen LogP contribution in [0.1, 0.15) is 40.7 Å². The minimum atomic E-state index is -4.73. The molecule has 9 heteroatoms. The van der Waals surface area contributed by atoms with Gasteiger partial charge in [-0.05, 0) is 67.1 Å². The van der Waals surface area contributed by atoms with Gasteiger partial charge in [-0.15, -0.1) is 13.2 Å². The van der Waals surface area contributed by atoms with Gasteiger partial charge in [0, 0.05) is 37.4 Å². The number of nitrogens with zero attached hydrogens (tertiary/aromatic N) is 2. The van der Waals surface area contributed by atoms with Crippen LogP contribution in [0.15, 0.2) is 42.5 Å². The molecular weight excluding hydrogens is 435 g/mol. The van der Waals surface area contributed by atoms with Gasteiger partial charge in [-0.1, -0.05) is 12.1 Å². The Kier molecular flexibility index (Phi) is 6.76. The second-order valence-corrected chi connectivity index (χ2v) is 8.34. The number of rotatable bonds is 6. The van der Waals surface area contributed by atoms with Gasteiger partial charge in [0.25, 0.3) is 5.91 Å². The van der Waals surface area contributed by atoms with E-state index in [1.54, 1.807) is 18.2 Å². The number of nitrogens with one attached hydrogen (secondary N) is 1. The van der Waals surface area contributed by atoms with Gasteiger partial charge in [0.05, 0.1) is 6.54 Å². The minimum absolute atomic E-state index is 0.0376. The summed E-state index contributed by atoms with van der Waals surface area (Å²) in [6.45, 7) is 2.68. The molecule has 176 valence electrons. The van der Waals surface area contributed by atoms with Crippen molar-refractivity contribution in [1.82, 2.24) is 10.2 Å². The monoisotopic (exact) mass is 461 g/mol. The van der Waals surface area contributed by atoms with E-state index in [0.717, 1.165) is 49.2 Å². The summed E-state index contributed by atoms with van der Waals surface area (Å²) in [5, 5.41) is 2.87. The van der Waals surface area contributed by atoms with Crippen molar-refractivity contribution in [2.45, 2.75) is 38.6 Å². The molecule has 0 aromatic heterocycles. The molecule has 2 heterocycles. The highest BCUT2D eigenvalue weighted by molar-refractivity contribution is 5.94. The number of fused-ring (bicyclic) bond motifs is 1. The van der Waals surface area contributed by atoms with Gasteiger partial charge in [0.15, 0.2) is 0 Å². The highest BCUT2D eigenvalue weighted by atomic mass is 19.4. The summed E-state index contributed by atoms with van der Waals surface area (Å²) >= 11 is 0. The molecule has 0 saturated carbocycles. The lowest BCUT2D eigenvalue weighted by molar-refractivity contribution is -0.274. The van der Waals surface area contributed by atoms with Crippen LogP contribution < -0.4 is 15.0 Å². The van der Waals surface area contributed by atoms with Gasteiger partial charge >= 0.3 is 6.36 Å². The van der Waals surface area contributed by atoms with E-state index in [9.17, 15) is 22.8 Å². The molecule has 33 heavy (non-hydrogen) atoms. The molecule has 0 atom stereocenters. The zero-order valence-electron chi connectivity index (χ0n) is 18.2. The first kappa shape index (κ1) is 22.9. The first-order valence-electron chi connectivity index (χ1n) is 11.1. The van der Waals surface area contributed by atoms with Crippen molar-refractivity contribution in [3.8, 4) is 5.75 Å². The molecule has 2 aromatic rings. The smallest absolute Gasteiger partial charge is 0.406 e. The summed E-state index contributed by atoms with van der Waals surface area (Å²) in [6, 6.07) is 11.5. The molecule has 0 unspecified atom stereocenters. The van der Waals surface area contributed by atoms with E-state index in [-0.39, 0.29) is 24.1 Å². The first-order valence-corrected chi connectivity index (χ1v) is 11.1. The molecule has 6 nitrogen and oxygen atoms in total. The molecule has 0 bridgehead atoms. The molecule has 1 fully saturated rings. The fraction of sp³-hybridized carbons (Fsp3) is 0.417. The zero-order valence-corrected chi connectivity index (χ0v) is 18.2. The Morgan fingerprint density at radius 2 is 1.70 bits per heavy atom. The second kappa shape index (κ2) is 9.72. The van der Waals surface area contributed by atoms with E-state index < -0.39 is 6.36 Å². The van der Waals surface area contributed by atoms with Crippen LogP contribution in [-0.4, -0.2) is 49.3 Å². The zero-order chi connectivity index (χ0) is 23.4. The van der Waals surface area contributed by atoms with Crippen molar-refractivity contribution in [2.24, 2.45) is 0 Å². The third-order valence-electron chi connectivity index (χ3n) is 5.92. The van der Waals surface area contributed by atoms with Gasteiger partial charge in [-0.2, -0.15) is 0 Å². The summed E-state index contributed by atoms with van der Waals surface area (Å²) < 4.78 is 41.4. The molecule has 1 saturated heterocycles. The predicted octanol–water partition coefficient (Wildman–Crippen LogP) is 3.89. The number of anilines is 1. The third-order valence-corrected chi connectivity index (χ3v) is 5.92. The largest absolute Gasteiger partial charge is 0.573 e. The predicted molar refractivity (Wildman–Crippen MR) is 117 cm³/mol. The number of amides is 2. The molecule has 4 rings (SSSR count). The van der Waals surface area contributed by atoms with Crippen molar-refractivity contribution < 1.29 is 27.5 Å². The number of carbonyl (C=O) groups is 2. The molecular formula is C24H26F3N3O3. The van der Waals surface area contributed by atoms with Crippen molar-refractivity contribution in [3.05, 3.63) is 59.2 Å². The van der Waals surface area contributed by atoms with Gasteiger partial charge in [-0.25, -0.2) is 0 Å². The third kappa shape index (κ3) is 5.97. The van der Waals surface area contributed by atoms with Crippen LogP contribution in [0.5, 0.6) is 5.75 Å². The van der Waals surface area contributed by atoms with Crippen molar-refractivity contribution in [3.63, 3.8) is 0 Å². The number of likely N-dealkylation sites (tertiary alicyclic amines) is 1. The molecule has 2 aliphatic rings. The maximum atomic E-state index is 12.5. The van der Waals surface area contributed by atoms with Gasteiger partial charge in [0.2, 0.25) is 5.91 Å². The van der Waals surface area contributed by atoms with E-state index in [2.05, 4.69) is 10.1 Å². The molecule has 0 aliphatic carbocycles. The molecule has 2 aromatic carbocycles. The molecule has 2 aliphatic heterocycles. The van der Waals surface area contributed by atoms with Crippen LogP contribution in [0, 0.1) is 0 Å². The number of benzene rings is 2. The Hall–Kier alpha value is -3.23. The number of ether oxygens (including phenoxy) is 1. The number of halogens is 3. The van der Waals surface area contributed by atoms with Crippen LogP contribution in [0.2, 0.25) is 0 Å². The minimum Gasteiger partial charge on any atom is -0.406 e. The van der Waals surface area contributed by atoms with Crippen LogP contribution >= 0.6 is 0 Å². The number of aryl methyl sites for hydroxylation is 1. The molecule has 0 spiro atoms. The van der Waals surface area contributed by atoms with Crippen LogP contribution in [0.4, 0.5) is 18.9 Å². The molecule has 1 N–H and O–H groups in total. The van der Waals surface area contributed by atoms with Crippen molar-refractivity contribution in [1.29, 1.82) is 0 Å². The van der Waals surface area contributed by atoms with E-state index >= 15 is 0 Å². The number of alkyl halides is 3. The Balaban J connectivity index is 1.31. The fourth-order valence-electron chi connectivity index (χ4n) is 4.31. The van der Waals surface area contributed by atoms with E-state index in [0.29, 0.717) is 25.1 Å². The molecule has 0 radical (unpaired) electrons. The second-order valence-electron chi connectivity index (χ2n) is 8.34. The summed E-state index contributed by atoms with van der Waals surface area (Å²) in [7, 11) is 0. The van der Waals surface area contributed by atoms with Crippen LogP contribution in [-0.2, 0) is 17.8 Å². The van der Waals surface area contributed by atoms with Crippen LogP contribution in [0.3, 0.4) is 0 Å². The van der Waals surface area contributed by atoms with Crippen LogP contribution in [0.25, 0.3) is 0 Å². The normalized spacial score (nSPS) is 15.8. The van der Waals surface area contributed by atoms with Crippen molar-refractivity contribution >= 4 is 17.5 Å². The Bertz CT molecular complexity index is 1000. The summed E-state index contributed by atoms with van der Waals surface area (Å²) in [5.41, 5.74) is 3.00. The topological polar surface area (TPSA) is 61.9 Å². The maximum absolute atomic E-state index is 12.5. The summed E-state index contributed by atoms with van der Waals surface area (Å²) in [5.74, 6) is -0.398. The average molecular weight is 461 g/mol. The Labute approximate surface area is 190 Å². The van der Waals surface area contributed by atoms with E-state index in [1.165, 1.54) is 12.1 Å². The lowest BCUT2D eigenvalue weighted by atomic mass is 10.0. The van der Waals surface area contributed by atoms with E-state index in [1.807, 2.05) is 21.9 Å². The lowest BCUT2D eigenvalue weighted by Gasteiger charge is -2.31. The van der Waals surface area contributed by atoms with Crippen molar-refractivity contribution in [2.75, 3.05) is 31.1 Å². The standard InChI is InChI=1S/C24H26F3N3O3/c25-24(26,27)33-20-9-10-21-19(14-20)4-3-13-30(21)16-22(31)28-15-17-5-7-18(8-6-17)23(32)29-11-1-2-12-29/h5-10,14H,1-4,11-13,15-16H2,(H,28,31). The quantitative estimate of drug-likeness (QED) is 0.709. The summed E-state index contributed by atoms with van der Waals surface area (Å²) in [6.07, 6.45) is -1.28. The summed E-state index contributed by atoms with van der Waals surface area (Å²) in [4.78, 5) is 28.7. The Morgan fingerprint density at radius 3 is 2.39 bits per heavy atom. The lowest BCUT2D eigenvalue weighted by Crippen LogP contribution is -2.39. The number of carbonyl (C=O) groups excluding carboxylic acids is 2. The highest BCUT2D eigenvalue weighted by Crippen LogP contribution is 2.32. The van der Waals surface area contributed by atoms with Gasteiger partial charge in [-0.3, -0.25) is 9.59 Å². The Morgan fingerprint density at radius 1 is 0.970 bits per heavy atom. The van der Waals surface area contributed by atoms with E-state index in [4.69, 9.17) is 0 Å². The first-order chi connectivity index (χ1) is 15.8. The van der Waals surface area contributed by atoms with Gasteiger partial charge < -0.3 is 19.9 Å². The SMILES string of the molecule is O=C(CN1CCCc2cc(OC(F)(F)F)ccc21)NCc1ccc(C(=O)N2CCCC2)cc1. The number of hydrogen-bond donors (Lipinski definition) is 1. The number of hydrogen-bond acceptors (Lipinski definition) is 4. The average Bonchev–Trinajstić information content (AvgIpc) is 3.31. The molecule has 2 amide bonds. The fourth-order valence-corrected chi connectivity index (χ4v) is 4.31. The van der Waals surface area contributed by atoms with Gasteiger partial charge in [0.1, 0.15) is 5.75 Å². The highest BCUT2D eigenvalue weighted by Gasteiger charge is 2.31.